The summed E-state index contributed by atoms with van der Waals surface area (Å²) in [6.45, 7) is 5.39. The Morgan fingerprint density at radius 1 is 1.09 bits per heavy atom. The first kappa shape index (κ1) is 17.0. The van der Waals surface area contributed by atoms with Crippen LogP contribution in [0.15, 0.2) is 59.7 Å². The van der Waals surface area contributed by atoms with E-state index in [0.717, 1.165) is 18.2 Å². The van der Waals surface area contributed by atoms with Crippen LogP contribution in [-0.4, -0.2) is 30.6 Å². The normalized spacial score (nSPS) is 11.3. The summed E-state index contributed by atoms with van der Waals surface area (Å²) in [6.07, 6.45) is 1.78. The lowest BCUT2D eigenvalue weighted by molar-refractivity contribution is 0.125. The van der Waals surface area contributed by atoms with E-state index in [0.29, 0.717) is 26.3 Å². The van der Waals surface area contributed by atoms with Crippen LogP contribution in [0.2, 0.25) is 0 Å². The Labute approximate surface area is 137 Å². The Kier molecular flexibility index (Phi) is 7.63. The van der Waals surface area contributed by atoms with E-state index >= 15 is 0 Å². The van der Waals surface area contributed by atoms with E-state index in [1.54, 1.807) is 6.20 Å². The van der Waals surface area contributed by atoms with E-state index in [4.69, 9.17) is 4.74 Å². The van der Waals surface area contributed by atoms with Gasteiger partial charge in [0.15, 0.2) is 5.96 Å². The molecule has 1 aromatic heterocycles. The third-order valence-corrected chi connectivity index (χ3v) is 3.12. The Bertz CT molecular complexity index is 572. The van der Waals surface area contributed by atoms with Gasteiger partial charge in [0.25, 0.3) is 0 Å². The molecule has 0 aliphatic carbocycles. The Morgan fingerprint density at radius 3 is 2.65 bits per heavy atom. The first-order valence-corrected chi connectivity index (χ1v) is 7.92. The van der Waals surface area contributed by atoms with Gasteiger partial charge in [-0.15, -0.1) is 0 Å². The lowest BCUT2D eigenvalue weighted by atomic mass is 10.2. The average Bonchev–Trinajstić information content (AvgIpc) is 2.61. The monoisotopic (exact) mass is 312 g/mol. The predicted molar refractivity (Wildman–Crippen MR) is 93.2 cm³/mol. The number of pyridine rings is 1. The number of rotatable bonds is 8. The third-order valence-electron chi connectivity index (χ3n) is 3.12. The van der Waals surface area contributed by atoms with E-state index in [9.17, 15) is 0 Å². The minimum Gasteiger partial charge on any atom is -0.375 e. The van der Waals surface area contributed by atoms with E-state index in [1.165, 1.54) is 5.56 Å². The molecule has 5 heteroatoms. The Balaban J connectivity index is 1.69. The zero-order chi connectivity index (χ0) is 16.2. The van der Waals surface area contributed by atoms with Gasteiger partial charge >= 0.3 is 0 Å². The van der Waals surface area contributed by atoms with Crippen LogP contribution in [0, 0.1) is 0 Å². The molecule has 0 saturated carbocycles. The molecule has 2 aromatic rings. The van der Waals surface area contributed by atoms with Crippen molar-refractivity contribution >= 4 is 5.96 Å². The fraction of sp³-hybridized carbons (Fsp3) is 0.333. The van der Waals surface area contributed by atoms with Gasteiger partial charge in [-0.2, -0.15) is 0 Å². The molecule has 0 saturated heterocycles. The van der Waals surface area contributed by atoms with E-state index in [-0.39, 0.29) is 0 Å². The van der Waals surface area contributed by atoms with Crippen molar-refractivity contribution in [1.29, 1.82) is 0 Å². The van der Waals surface area contributed by atoms with E-state index in [1.807, 2.05) is 43.3 Å². The molecule has 1 aromatic carbocycles. The molecular formula is C18H24N4O. The first-order chi connectivity index (χ1) is 11.4. The molecule has 23 heavy (non-hydrogen) atoms. The fourth-order valence-corrected chi connectivity index (χ4v) is 2.00. The van der Waals surface area contributed by atoms with Crippen molar-refractivity contribution in [2.75, 3.05) is 19.7 Å². The van der Waals surface area contributed by atoms with Gasteiger partial charge in [-0.25, -0.2) is 4.99 Å². The molecule has 0 spiro atoms. The van der Waals surface area contributed by atoms with Gasteiger partial charge in [-0.1, -0.05) is 36.4 Å². The second-order valence-corrected chi connectivity index (χ2v) is 4.98. The zero-order valence-electron chi connectivity index (χ0n) is 13.5. The smallest absolute Gasteiger partial charge is 0.191 e. The maximum absolute atomic E-state index is 5.65. The number of nitrogens with one attached hydrogen (secondary N) is 2. The van der Waals surface area contributed by atoms with Crippen LogP contribution in [0.5, 0.6) is 0 Å². The largest absolute Gasteiger partial charge is 0.375 e. The maximum atomic E-state index is 5.65. The predicted octanol–water partition coefficient (Wildman–Crippen LogP) is 2.35. The van der Waals surface area contributed by atoms with E-state index in [2.05, 4.69) is 32.7 Å². The highest BCUT2D eigenvalue weighted by atomic mass is 16.5. The minimum atomic E-state index is 0.557. The van der Waals surface area contributed by atoms with Gasteiger partial charge in [0.05, 0.1) is 25.5 Å². The SMILES string of the molecule is CCNC(=NCc1ccccn1)NCCOCc1ccccc1. The van der Waals surface area contributed by atoms with Gasteiger partial charge < -0.3 is 15.4 Å². The summed E-state index contributed by atoms with van der Waals surface area (Å²) in [4.78, 5) is 8.78. The summed E-state index contributed by atoms with van der Waals surface area (Å²) in [6, 6.07) is 16.0. The summed E-state index contributed by atoms with van der Waals surface area (Å²) in [5, 5.41) is 6.48. The topological polar surface area (TPSA) is 58.5 Å². The molecule has 0 bridgehead atoms. The lowest BCUT2D eigenvalue weighted by Crippen LogP contribution is -2.39. The molecule has 0 aliphatic heterocycles. The number of aromatic nitrogens is 1. The highest BCUT2D eigenvalue weighted by molar-refractivity contribution is 5.79. The second kappa shape index (κ2) is 10.3. The molecule has 0 atom stereocenters. The van der Waals surface area contributed by atoms with Crippen LogP contribution in [0.1, 0.15) is 18.2 Å². The molecule has 0 unspecified atom stereocenters. The number of ether oxygens (including phenoxy) is 1. The van der Waals surface area contributed by atoms with Crippen molar-refractivity contribution in [2.24, 2.45) is 4.99 Å². The molecule has 0 amide bonds. The number of hydrogen-bond donors (Lipinski definition) is 2. The summed E-state index contributed by atoms with van der Waals surface area (Å²) in [5.41, 5.74) is 2.13. The molecule has 5 nitrogen and oxygen atoms in total. The van der Waals surface area contributed by atoms with E-state index < -0.39 is 0 Å². The molecule has 1 heterocycles. The first-order valence-electron chi connectivity index (χ1n) is 7.92. The molecule has 2 rings (SSSR count). The zero-order valence-corrected chi connectivity index (χ0v) is 13.5. The molecular weight excluding hydrogens is 288 g/mol. The standard InChI is InChI=1S/C18H24N4O/c1-2-19-18(22-14-17-10-6-7-11-20-17)21-12-13-23-15-16-8-4-3-5-9-16/h3-11H,2,12-15H2,1H3,(H2,19,21,22). The maximum Gasteiger partial charge on any atom is 0.191 e. The Hall–Kier alpha value is -2.40. The van der Waals surface area contributed by atoms with Gasteiger partial charge in [0.2, 0.25) is 0 Å². The number of nitrogens with zero attached hydrogens (tertiary/aromatic N) is 2. The number of guanidine groups is 1. The fourth-order valence-electron chi connectivity index (χ4n) is 2.00. The summed E-state index contributed by atoms with van der Waals surface area (Å²) in [5.74, 6) is 0.779. The van der Waals surface area contributed by atoms with Crippen LogP contribution in [0.25, 0.3) is 0 Å². The van der Waals surface area contributed by atoms with Crippen LogP contribution >= 0.6 is 0 Å². The van der Waals surface area contributed by atoms with Gasteiger partial charge in [0.1, 0.15) is 0 Å². The summed E-state index contributed by atoms with van der Waals surface area (Å²) >= 11 is 0. The van der Waals surface area contributed by atoms with Gasteiger partial charge in [-0.3, -0.25) is 4.98 Å². The molecule has 122 valence electrons. The molecule has 0 aliphatic rings. The number of hydrogen-bond acceptors (Lipinski definition) is 3. The van der Waals surface area contributed by atoms with Gasteiger partial charge in [0, 0.05) is 19.3 Å². The van der Waals surface area contributed by atoms with Crippen LogP contribution in [0.3, 0.4) is 0 Å². The highest BCUT2D eigenvalue weighted by Crippen LogP contribution is 1.99. The van der Waals surface area contributed by atoms with Gasteiger partial charge in [-0.05, 0) is 24.6 Å². The van der Waals surface area contributed by atoms with Crippen molar-refractivity contribution in [3.05, 3.63) is 66.0 Å². The minimum absolute atomic E-state index is 0.557. The van der Waals surface area contributed by atoms with Crippen LogP contribution in [0.4, 0.5) is 0 Å². The third kappa shape index (κ3) is 6.93. The highest BCUT2D eigenvalue weighted by Gasteiger charge is 1.98. The lowest BCUT2D eigenvalue weighted by Gasteiger charge is -2.11. The molecule has 0 fully saturated rings. The van der Waals surface area contributed by atoms with Crippen molar-refractivity contribution in [3.63, 3.8) is 0 Å². The number of aliphatic imine (C=N–C) groups is 1. The molecule has 0 radical (unpaired) electrons. The average molecular weight is 312 g/mol. The van der Waals surface area contributed by atoms with Crippen LogP contribution in [-0.2, 0) is 17.9 Å². The quantitative estimate of drug-likeness (QED) is 0.446. The summed E-state index contributed by atoms with van der Waals surface area (Å²) < 4.78 is 5.65. The van der Waals surface area contributed by atoms with Crippen LogP contribution < -0.4 is 10.6 Å². The number of benzene rings is 1. The summed E-state index contributed by atoms with van der Waals surface area (Å²) in [7, 11) is 0. The van der Waals surface area contributed by atoms with Crippen molar-refractivity contribution < 1.29 is 4.74 Å². The van der Waals surface area contributed by atoms with Crippen molar-refractivity contribution in [2.45, 2.75) is 20.1 Å². The second-order valence-electron chi connectivity index (χ2n) is 4.98. The Morgan fingerprint density at radius 2 is 1.91 bits per heavy atom. The van der Waals surface area contributed by atoms with Crippen molar-refractivity contribution in [1.82, 2.24) is 15.6 Å². The van der Waals surface area contributed by atoms with Crippen molar-refractivity contribution in [3.8, 4) is 0 Å². The molecule has 2 N–H and O–H groups in total.